The summed E-state index contributed by atoms with van der Waals surface area (Å²) in [5, 5.41) is 2.97. The van der Waals surface area contributed by atoms with Gasteiger partial charge in [0.1, 0.15) is 12.1 Å². The molecule has 1 saturated heterocycles. The SMILES string of the molecule is O=C(Nc1cccc(CN2CCOCC2)c1)c1ccnc(-n2ccnc2)c1. The lowest BCUT2D eigenvalue weighted by molar-refractivity contribution is 0.0342. The van der Waals surface area contributed by atoms with Gasteiger partial charge in [-0.2, -0.15) is 0 Å². The number of imidazole rings is 1. The van der Waals surface area contributed by atoms with Crippen molar-refractivity contribution in [2.75, 3.05) is 31.6 Å². The van der Waals surface area contributed by atoms with Crippen LogP contribution in [0.4, 0.5) is 5.69 Å². The van der Waals surface area contributed by atoms with Crippen molar-refractivity contribution in [3.8, 4) is 5.82 Å². The minimum Gasteiger partial charge on any atom is -0.379 e. The second-order valence-electron chi connectivity index (χ2n) is 6.42. The molecule has 0 spiro atoms. The van der Waals surface area contributed by atoms with Crippen LogP contribution in [-0.2, 0) is 11.3 Å². The zero-order chi connectivity index (χ0) is 18.5. The van der Waals surface area contributed by atoms with E-state index in [0.29, 0.717) is 11.4 Å². The van der Waals surface area contributed by atoms with Gasteiger partial charge in [-0.05, 0) is 29.8 Å². The molecule has 0 atom stereocenters. The predicted octanol–water partition coefficient (Wildman–Crippen LogP) is 2.35. The third-order valence-corrected chi connectivity index (χ3v) is 4.47. The average molecular weight is 363 g/mol. The fourth-order valence-corrected chi connectivity index (χ4v) is 3.06. The van der Waals surface area contributed by atoms with Gasteiger partial charge < -0.3 is 10.1 Å². The van der Waals surface area contributed by atoms with E-state index < -0.39 is 0 Å². The van der Waals surface area contributed by atoms with E-state index >= 15 is 0 Å². The van der Waals surface area contributed by atoms with Gasteiger partial charge in [-0.1, -0.05) is 12.1 Å². The van der Waals surface area contributed by atoms with E-state index in [0.717, 1.165) is 38.5 Å². The van der Waals surface area contributed by atoms with E-state index in [1.54, 1.807) is 41.6 Å². The van der Waals surface area contributed by atoms with Crippen molar-refractivity contribution in [2.45, 2.75) is 6.54 Å². The van der Waals surface area contributed by atoms with Crippen LogP contribution in [0.1, 0.15) is 15.9 Å². The number of morpholine rings is 1. The third-order valence-electron chi connectivity index (χ3n) is 4.47. The first-order chi connectivity index (χ1) is 13.3. The molecule has 1 amide bonds. The molecule has 1 fully saturated rings. The molecular weight excluding hydrogens is 342 g/mol. The van der Waals surface area contributed by atoms with Crippen molar-refractivity contribution < 1.29 is 9.53 Å². The van der Waals surface area contributed by atoms with Crippen LogP contribution in [-0.4, -0.2) is 51.6 Å². The summed E-state index contributed by atoms with van der Waals surface area (Å²) in [5.74, 6) is 0.489. The maximum Gasteiger partial charge on any atom is 0.255 e. The molecule has 7 heteroatoms. The Kier molecular flexibility index (Phi) is 5.22. The van der Waals surface area contributed by atoms with Crippen molar-refractivity contribution in [1.82, 2.24) is 19.4 Å². The first kappa shape index (κ1) is 17.4. The molecule has 27 heavy (non-hydrogen) atoms. The lowest BCUT2D eigenvalue weighted by Crippen LogP contribution is -2.35. The van der Waals surface area contributed by atoms with Crippen LogP contribution in [0.25, 0.3) is 5.82 Å². The largest absolute Gasteiger partial charge is 0.379 e. The molecule has 3 heterocycles. The quantitative estimate of drug-likeness (QED) is 0.753. The number of aromatic nitrogens is 3. The molecule has 0 unspecified atom stereocenters. The molecule has 1 aromatic carbocycles. The minimum atomic E-state index is -0.165. The number of hydrogen-bond acceptors (Lipinski definition) is 5. The Balaban J connectivity index is 1.45. The highest BCUT2D eigenvalue weighted by Crippen LogP contribution is 2.15. The van der Waals surface area contributed by atoms with Crippen molar-refractivity contribution in [2.24, 2.45) is 0 Å². The van der Waals surface area contributed by atoms with Gasteiger partial charge in [-0.3, -0.25) is 14.3 Å². The van der Waals surface area contributed by atoms with Crippen LogP contribution in [0.5, 0.6) is 0 Å². The Labute approximate surface area is 157 Å². The van der Waals surface area contributed by atoms with Crippen LogP contribution in [0.3, 0.4) is 0 Å². The molecule has 0 saturated carbocycles. The van der Waals surface area contributed by atoms with E-state index in [1.807, 2.05) is 18.2 Å². The Morgan fingerprint density at radius 3 is 2.85 bits per heavy atom. The second-order valence-corrected chi connectivity index (χ2v) is 6.42. The number of nitrogens with one attached hydrogen (secondary N) is 1. The highest BCUT2D eigenvalue weighted by molar-refractivity contribution is 6.04. The zero-order valence-electron chi connectivity index (χ0n) is 14.9. The molecule has 0 bridgehead atoms. The van der Waals surface area contributed by atoms with Gasteiger partial charge in [-0.15, -0.1) is 0 Å². The van der Waals surface area contributed by atoms with E-state index in [1.165, 1.54) is 5.56 Å². The molecular formula is C20H21N5O2. The Bertz CT molecular complexity index is 904. The van der Waals surface area contributed by atoms with Crippen LogP contribution in [0, 0.1) is 0 Å². The Morgan fingerprint density at radius 1 is 1.15 bits per heavy atom. The van der Waals surface area contributed by atoms with E-state index in [-0.39, 0.29) is 5.91 Å². The van der Waals surface area contributed by atoms with E-state index in [2.05, 4.69) is 26.3 Å². The normalized spacial score (nSPS) is 14.8. The molecule has 7 nitrogen and oxygen atoms in total. The third kappa shape index (κ3) is 4.39. The van der Waals surface area contributed by atoms with Crippen molar-refractivity contribution >= 4 is 11.6 Å². The molecule has 1 N–H and O–H groups in total. The highest BCUT2D eigenvalue weighted by Gasteiger charge is 2.12. The van der Waals surface area contributed by atoms with Gasteiger partial charge in [0.25, 0.3) is 5.91 Å². The molecule has 0 radical (unpaired) electrons. The summed E-state index contributed by atoms with van der Waals surface area (Å²) in [7, 11) is 0. The molecule has 3 aromatic rings. The van der Waals surface area contributed by atoms with Crippen molar-refractivity contribution in [3.63, 3.8) is 0 Å². The van der Waals surface area contributed by atoms with Gasteiger partial charge in [0.05, 0.1) is 13.2 Å². The lowest BCUT2D eigenvalue weighted by atomic mass is 10.1. The van der Waals surface area contributed by atoms with Gasteiger partial charge in [-0.25, -0.2) is 9.97 Å². The van der Waals surface area contributed by atoms with Crippen LogP contribution < -0.4 is 5.32 Å². The summed E-state index contributed by atoms with van der Waals surface area (Å²) < 4.78 is 7.15. The molecule has 2 aromatic heterocycles. The minimum absolute atomic E-state index is 0.165. The monoisotopic (exact) mass is 363 g/mol. The fraction of sp³-hybridized carbons (Fsp3) is 0.250. The number of carbonyl (C=O) groups excluding carboxylic acids is 1. The molecule has 4 rings (SSSR count). The predicted molar refractivity (Wildman–Crippen MR) is 102 cm³/mol. The van der Waals surface area contributed by atoms with Crippen LogP contribution >= 0.6 is 0 Å². The zero-order valence-corrected chi connectivity index (χ0v) is 14.9. The first-order valence-corrected chi connectivity index (χ1v) is 8.93. The Morgan fingerprint density at radius 2 is 2.04 bits per heavy atom. The molecule has 0 aliphatic carbocycles. The number of pyridine rings is 1. The van der Waals surface area contributed by atoms with Gasteiger partial charge in [0.2, 0.25) is 0 Å². The van der Waals surface area contributed by atoms with Gasteiger partial charge in [0, 0.05) is 49.5 Å². The maximum absolute atomic E-state index is 12.6. The summed E-state index contributed by atoms with van der Waals surface area (Å²) in [5.41, 5.74) is 2.50. The molecule has 1 aliphatic rings. The molecule has 138 valence electrons. The number of carbonyl (C=O) groups is 1. The number of rotatable bonds is 5. The standard InChI is InChI=1S/C20H21N5O2/c26-20(17-4-5-22-19(13-17)25-7-6-21-15-25)23-18-3-1-2-16(12-18)14-24-8-10-27-11-9-24/h1-7,12-13,15H,8-11,14H2,(H,23,26). The van der Waals surface area contributed by atoms with Crippen molar-refractivity contribution in [3.05, 3.63) is 72.4 Å². The van der Waals surface area contributed by atoms with Gasteiger partial charge in [0.15, 0.2) is 0 Å². The van der Waals surface area contributed by atoms with Crippen LogP contribution in [0.15, 0.2) is 61.3 Å². The summed E-state index contributed by atoms with van der Waals surface area (Å²) >= 11 is 0. The summed E-state index contributed by atoms with van der Waals surface area (Å²) in [4.78, 5) is 23.3. The topological polar surface area (TPSA) is 72.3 Å². The fourth-order valence-electron chi connectivity index (χ4n) is 3.06. The van der Waals surface area contributed by atoms with Crippen molar-refractivity contribution in [1.29, 1.82) is 0 Å². The lowest BCUT2D eigenvalue weighted by Gasteiger charge is -2.26. The first-order valence-electron chi connectivity index (χ1n) is 8.93. The second kappa shape index (κ2) is 8.11. The maximum atomic E-state index is 12.6. The smallest absolute Gasteiger partial charge is 0.255 e. The summed E-state index contributed by atoms with van der Waals surface area (Å²) in [6.45, 7) is 4.28. The highest BCUT2D eigenvalue weighted by atomic mass is 16.5. The number of ether oxygens (including phenoxy) is 1. The Hall–Kier alpha value is -3.03. The summed E-state index contributed by atoms with van der Waals surface area (Å²) in [6, 6.07) is 11.4. The van der Waals surface area contributed by atoms with E-state index in [9.17, 15) is 4.79 Å². The number of nitrogens with zero attached hydrogens (tertiary/aromatic N) is 4. The van der Waals surface area contributed by atoms with Crippen LogP contribution in [0.2, 0.25) is 0 Å². The number of hydrogen-bond donors (Lipinski definition) is 1. The molecule has 1 aliphatic heterocycles. The number of amides is 1. The van der Waals surface area contributed by atoms with Gasteiger partial charge >= 0.3 is 0 Å². The summed E-state index contributed by atoms with van der Waals surface area (Å²) in [6.07, 6.45) is 6.74. The van der Waals surface area contributed by atoms with E-state index in [4.69, 9.17) is 4.74 Å². The number of anilines is 1. The average Bonchev–Trinajstić information content (AvgIpc) is 3.24. The number of benzene rings is 1.